The Hall–Kier alpha value is -4.91. The van der Waals surface area contributed by atoms with Crippen molar-refractivity contribution in [3.05, 3.63) is 113 Å². The lowest BCUT2D eigenvalue weighted by molar-refractivity contribution is -0.130. The summed E-state index contributed by atoms with van der Waals surface area (Å²) in [5.41, 5.74) is 2.23. The van der Waals surface area contributed by atoms with Gasteiger partial charge in [-0.3, -0.25) is 19.8 Å². The van der Waals surface area contributed by atoms with E-state index in [1.54, 1.807) is 18.2 Å². The highest BCUT2D eigenvalue weighted by molar-refractivity contribution is 6.31. The second-order valence-corrected chi connectivity index (χ2v) is 8.53. The fourth-order valence-electron chi connectivity index (χ4n) is 4.24. The van der Waals surface area contributed by atoms with E-state index in [1.807, 2.05) is 54.6 Å². The number of nitrogens with one attached hydrogen (secondary N) is 1. The van der Waals surface area contributed by atoms with E-state index in [1.165, 1.54) is 13.2 Å². The third kappa shape index (κ3) is 5.06. The van der Waals surface area contributed by atoms with Crippen LogP contribution in [0.15, 0.2) is 96.6 Å². The highest BCUT2D eigenvalue weighted by Gasteiger charge is 2.35. The van der Waals surface area contributed by atoms with Crippen LogP contribution in [-0.4, -0.2) is 29.9 Å². The molecule has 1 aliphatic rings. The molecule has 1 heterocycles. The van der Waals surface area contributed by atoms with Crippen molar-refractivity contribution in [3.8, 4) is 11.5 Å². The second-order valence-electron chi connectivity index (χ2n) is 8.53. The molecule has 7 nitrogen and oxygen atoms in total. The third-order valence-electron chi connectivity index (χ3n) is 6.13. The van der Waals surface area contributed by atoms with Crippen molar-refractivity contribution < 1.29 is 23.9 Å². The van der Waals surface area contributed by atoms with E-state index in [9.17, 15) is 14.4 Å². The summed E-state index contributed by atoms with van der Waals surface area (Å²) in [5.74, 6) is -0.421. The fourth-order valence-corrected chi connectivity index (χ4v) is 4.24. The monoisotopic (exact) mass is 492 g/mol. The van der Waals surface area contributed by atoms with Gasteiger partial charge in [-0.25, -0.2) is 4.79 Å². The summed E-state index contributed by atoms with van der Waals surface area (Å²) >= 11 is 0. The van der Waals surface area contributed by atoms with Gasteiger partial charge in [-0.05, 0) is 45.7 Å². The van der Waals surface area contributed by atoms with Gasteiger partial charge in [0, 0.05) is 0 Å². The first kappa shape index (κ1) is 23.8. The van der Waals surface area contributed by atoms with Crippen LogP contribution < -0.4 is 14.8 Å². The SMILES string of the molecule is COc1cc(/C=C2\C(=O)NC(=O)N(Cc3ccccc3)C2=O)ccc1OCc1cccc2ccccc12. The summed E-state index contributed by atoms with van der Waals surface area (Å²) < 4.78 is 11.6. The molecule has 1 aliphatic heterocycles. The molecule has 7 heteroatoms. The third-order valence-corrected chi connectivity index (χ3v) is 6.13. The zero-order valence-corrected chi connectivity index (χ0v) is 20.1. The van der Waals surface area contributed by atoms with Gasteiger partial charge in [-0.1, -0.05) is 78.9 Å². The number of hydrogen-bond acceptors (Lipinski definition) is 5. The number of fused-ring (bicyclic) bond motifs is 1. The van der Waals surface area contributed by atoms with Crippen LogP contribution in [0.2, 0.25) is 0 Å². The summed E-state index contributed by atoms with van der Waals surface area (Å²) in [6.45, 7) is 0.399. The van der Waals surface area contributed by atoms with Crippen LogP contribution >= 0.6 is 0 Å². The molecule has 0 spiro atoms. The zero-order chi connectivity index (χ0) is 25.8. The highest BCUT2D eigenvalue weighted by Crippen LogP contribution is 2.31. The molecule has 1 N–H and O–H groups in total. The zero-order valence-electron chi connectivity index (χ0n) is 20.1. The number of carbonyl (C=O) groups excluding carboxylic acids is 3. The Morgan fingerprint density at radius 1 is 0.838 bits per heavy atom. The molecule has 4 amide bonds. The van der Waals surface area contributed by atoms with E-state index < -0.39 is 17.8 Å². The summed E-state index contributed by atoms with van der Waals surface area (Å²) in [4.78, 5) is 38.9. The Labute approximate surface area is 213 Å². The normalized spacial score (nSPS) is 14.7. The minimum Gasteiger partial charge on any atom is -0.493 e. The molecular formula is C30H24N2O5. The Balaban J connectivity index is 1.37. The molecule has 0 saturated carbocycles. The van der Waals surface area contributed by atoms with E-state index in [-0.39, 0.29) is 12.1 Å². The molecule has 0 atom stereocenters. The molecule has 4 aromatic carbocycles. The first-order chi connectivity index (χ1) is 18.0. The average Bonchev–Trinajstić information content (AvgIpc) is 2.93. The number of amides is 4. The molecule has 0 aromatic heterocycles. The molecule has 1 fully saturated rings. The van der Waals surface area contributed by atoms with Crippen molar-refractivity contribution >= 4 is 34.7 Å². The number of imide groups is 2. The predicted octanol–water partition coefficient (Wildman–Crippen LogP) is 5.09. The first-order valence-electron chi connectivity index (χ1n) is 11.7. The molecular weight excluding hydrogens is 468 g/mol. The van der Waals surface area contributed by atoms with E-state index in [2.05, 4.69) is 23.5 Å². The topological polar surface area (TPSA) is 84.9 Å². The maximum absolute atomic E-state index is 13.1. The van der Waals surface area contributed by atoms with Crippen molar-refractivity contribution in [1.29, 1.82) is 0 Å². The van der Waals surface area contributed by atoms with Crippen LogP contribution in [-0.2, 0) is 22.7 Å². The first-order valence-corrected chi connectivity index (χ1v) is 11.7. The van der Waals surface area contributed by atoms with E-state index in [0.717, 1.165) is 26.8 Å². The molecule has 0 radical (unpaired) electrons. The quantitative estimate of drug-likeness (QED) is 0.287. The maximum Gasteiger partial charge on any atom is 0.331 e. The molecule has 1 saturated heterocycles. The minimum atomic E-state index is -0.745. The lowest BCUT2D eigenvalue weighted by atomic mass is 10.1. The lowest BCUT2D eigenvalue weighted by Crippen LogP contribution is -2.53. The number of rotatable bonds is 7. The minimum absolute atomic E-state index is 0.0559. The average molecular weight is 493 g/mol. The maximum atomic E-state index is 13.1. The molecule has 184 valence electrons. The Morgan fingerprint density at radius 3 is 2.41 bits per heavy atom. The summed E-state index contributed by atoms with van der Waals surface area (Å²) in [7, 11) is 1.52. The Kier molecular flexibility index (Phi) is 6.68. The van der Waals surface area contributed by atoms with Crippen LogP contribution in [0.4, 0.5) is 4.79 Å². The van der Waals surface area contributed by atoms with Gasteiger partial charge in [0.2, 0.25) is 0 Å². The molecule has 0 unspecified atom stereocenters. The van der Waals surface area contributed by atoms with Gasteiger partial charge in [0.15, 0.2) is 11.5 Å². The number of nitrogens with zero attached hydrogens (tertiary/aromatic N) is 1. The number of methoxy groups -OCH3 is 1. The van der Waals surface area contributed by atoms with Crippen molar-refractivity contribution in [2.45, 2.75) is 13.2 Å². The van der Waals surface area contributed by atoms with Gasteiger partial charge in [-0.2, -0.15) is 0 Å². The highest BCUT2D eigenvalue weighted by atomic mass is 16.5. The van der Waals surface area contributed by atoms with E-state index >= 15 is 0 Å². The number of hydrogen-bond donors (Lipinski definition) is 1. The lowest BCUT2D eigenvalue weighted by Gasteiger charge is -2.26. The molecule has 0 bridgehead atoms. The van der Waals surface area contributed by atoms with Gasteiger partial charge in [0.25, 0.3) is 11.8 Å². The van der Waals surface area contributed by atoms with Crippen molar-refractivity contribution in [3.63, 3.8) is 0 Å². The number of carbonyl (C=O) groups is 3. The Morgan fingerprint density at radius 2 is 1.59 bits per heavy atom. The van der Waals surface area contributed by atoms with Crippen molar-refractivity contribution in [2.75, 3.05) is 7.11 Å². The number of benzene rings is 4. The van der Waals surface area contributed by atoms with Crippen LogP contribution in [0.1, 0.15) is 16.7 Å². The molecule has 37 heavy (non-hydrogen) atoms. The van der Waals surface area contributed by atoms with Crippen LogP contribution in [0.5, 0.6) is 11.5 Å². The van der Waals surface area contributed by atoms with Crippen LogP contribution in [0.25, 0.3) is 16.8 Å². The number of urea groups is 1. The molecule has 5 rings (SSSR count). The predicted molar refractivity (Wildman–Crippen MR) is 140 cm³/mol. The largest absolute Gasteiger partial charge is 0.493 e. The van der Waals surface area contributed by atoms with Gasteiger partial charge >= 0.3 is 6.03 Å². The Bertz CT molecular complexity index is 1520. The van der Waals surface area contributed by atoms with Gasteiger partial charge in [-0.15, -0.1) is 0 Å². The summed E-state index contributed by atoms with van der Waals surface area (Å²) in [6, 6.07) is 27.7. The van der Waals surface area contributed by atoms with Crippen LogP contribution in [0, 0.1) is 0 Å². The summed E-state index contributed by atoms with van der Waals surface area (Å²) in [6.07, 6.45) is 1.44. The number of barbiturate groups is 1. The smallest absolute Gasteiger partial charge is 0.331 e. The standard InChI is InChI=1S/C30H24N2O5/c1-36-27-17-21(14-15-26(27)37-19-23-12-7-11-22-10-5-6-13-24(22)23)16-25-28(33)31-30(35)32(29(25)34)18-20-8-3-2-4-9-20/h2-17H,18-19H2,1H3,(H,31,33,35)/b25-16+. The summed E-state index contributed by atoms with van der Waals surface area (Å²) in [5, 5.41) is 4.49. The molecule has 4 aromatic rings. The van der Waals surface area contributed by atoms with Crippen molar-refractivity contribution in [1.82, 2.24) is 10.2 Å². The molecule has 0 aliphatic carbocycles. The van der Waals surface area contributed by atoms with Gasteiger partial charge in [0.05, 0.1) is 13.7 Å². The van der Waals surface area contributed by atoms with E-state index in [0.29, 0.717) is 23.7 Å². The fraction of sp³-hybridized carbons (Fsp3) is 0.100. The second kappa shape index (κ2) is 10.4. The van der Waals surface area contributed by atoms with Crippen LogP contribution in [0.3, 0.4) is 0 Å². The van der Waals surface area contributed by atoms with E-state index in [4.69, 9.17) is 9.47 Å². The number of ether oxygens (including phenoxy) is 2. The van der Waals surface area contributed by atoms with Gasteiger partial charge < -0.3 is 9.47 Å². The van der Waals surface area contributed by atoms with Gasteiger partial charge in [0.1, 0.15) is 12.2 Å². The van der Waals surface area contributed by atoms with Crippen molar-refractivity contribution in [2.24, 2.45) is 0 Å².